The quantitative estimate of drug-likeness (QED) is 0.565. The molecule has 92 valence electrons. The van der Waals surface area contributed by atoms with Gasteiger partial charge < -0.3 is 10.5 Å². The number of nitrogens with zero attached hydrogens (tertiary/aromatic N) is 1. The fourth-order valence-corrected chi connectivity index (χ4v) is 1.41. The normalized spacial score (nSPS) is 11.6. The summed E-state index contributed by atoms with van der Waals surface area (Å²) in [6, 6.07) is 0. The molecule has 0 saturated carbocycles. The summed E-state index contributed by atoms with van der Waals surface area (Å²) in [4.78, 5) is 2.39. The molecule has 0 aliphatic carbocycles. The average molecular weight is 216 g/mol. The molecule has 0 spiro atoms. The van der Waals surface area contributed by atoms with Gasteiger partial charge in [0.1, 0.15) is 0 Å². The van der Waals surface area contributed by atoms with Crippen molar-refractivity contribution < 1.29 is 4.74 Å². The fourth-order valence-electron chi connectivity index (χ4n) is 1.41. The fraction of sp³-hybridized carbons (Fsp3) is 1.00. The molecule has 0 bridgehead atoms. The zero-order chi connectivity index (χ0) is 11.5. The molecule has 3 nitrogen and oxygen atoms in total. The van der Waals surface area contributed by atoms with Gasteiger partial charge in [0, 0.05) is 26.2 Å². The number of hydrogen-bond donors (Lipinski definition) is 1. The van der Waals surface area contributed by atoms with Gasteiger partial charge in [-0.25, -0.2) is 0 Å². The maximum absolute atomic E-state index is 5.57. The predicted molar refractivity (Wildman–Crippen MR) is 66.1 cm³/mol. The highest BCUT2D eigenvalue weighted by molar-refractivity contribution is 4.57. The summed E-state index contributed by atoms with van der Waals surface area (Å²) >= 11 is 0. The SMILES string of the molecule is CCCCN(CCN)CCOCC(C)C. The van der Waals surface area contributed by atoms with Gasteiger partial charge in [-0.05, 0) is 18.9 Å². The first-order valence-electron chi connectivity index (χ1n) is 6.20. The van der Waals surface area contributed by atoms with E-state index < -0.39 is 0 Å². The molecule has 0 fully saturated rings. The molecule has 0 heterocycles. The van der Waals surface area contributed by atoms with Crippen LogP contribution >= 0.6 is 0 Å². The van der Waals surface area contributed by atoms with Crippen LogP contribution in [0.2, 0.25) is 0 Å². The van der Waals surface area contributed by atoms with Gasteiger partial charge >= 0.3 is 0 Å². The summed E-state index contributed by atoms with van der Waals surface area (Å²) < 4.78 is 5.57. The number of rotatable bonds is 10. The Kier molecular flexibility index (Phi) is 10.3. The highest BCUT2D eigenvalue weighted by atomic mass is 16.5. The van der Waals surface area contributed by atoms with Crippen LogP contribution in [0.1, 0.15) is 33.6 Å². The highest BCUT2D eigenvalue weighted by Crippen LogP contribution is 1.96. The first kappa shape index (κ1) is 14.9. The lowest BCUT2D eigenvalue weighted by Crippen LogP contribution is -2.33. The highest BCUT2D eigenvalue weighted by Gasteiger charge is 2.03. The number of ether oxygens (including phenoxy) is 1. The third-order valence-corrected chi connectivity index (χ3v) is 2.28. The van der Waals surface area contributed by atoms with E-state index in [1.54, 1.807) is 0 Å². The minimum absolute atomic E-state index is 0.628. The van der Waals surface area contributed by atoms with Crippen molar-refractivity contribution >= 4 is 0 Å². The van der Waals surface area contributed by atoms with Gasteiger partial charge in [-0.15, -0.1) is 0 Å². The van der Waals surface area contributed by atoms with E-state index in [1.807, 2.05) is 0 Å². The first-order chi connectivity index (χ1) is 7.20. The van der Waals surface area contributed by atoms with E-state index in [0.29, 0.717) is 5.92 Å². The molecule has 0 rings (SSSR count). The molecule has 0 saturated heterocycles. The number of hydrogen-bond acceptors (Lipinski definition) is 3. The molecule has 0 unspecified atom stereocenters. The summed E-state index contributed by atoms with van der Waals surface area (Å²) in [5.74, 6) is 0.628. The van der Waals surface area contributed by atoms with Crippen molar-refractivity contribution in [1.29, 1.82) is 0 Å². The Morgan fingerprint density at radius 3 is 2.47 bits per heavy atom. The summed E-state index contributed by atoms with van der Waals surface area (Å²) in [6.07, 6.45) is 2.50. The van der Waals surface area contributed by atoms with Crippen molar-refractivity contribution in [2.45, 2.75) is 33.6 Å². The standard InChI is InChI=1S/C12H28N2O/c1-4-5-7-14(8-6-13)9-10-15-11-12(2)3/h12H,4-11,13H2,1-3H3. The maximum atomic E-state index is 5.57. The molecule has 0 amide bonds. The molecule has 0 aromatic carbocycles. The van der Waals surface area contributed by atoms with Crippen LogP contribution in [-0.2, 0) is 4.74 Å². The van der Waals surface area contributed by atoms with E-state index in [2.05, 4.69) is 25.7 Å². The van der Waals surface area contributed by atoms with Crippen molar-refractivity contribution in [3.8, 4) is 0 Å². The van der Waals surface area contributed by atoms with Crippen molar-refractivity contribution in [2.24, 2.45) is 11.7 Å². The average Bonchev–Trinajstić information content (AvgIpc) is 2.20. The minimum atomic E-state index is 0.628. The maximum Gasteiger partial charge on any atom is 0.0593 e. The molecule has 0 aliphatic heterocycles. The van der Waals surface area contributed by atoms with Crippen LogP contribution in [-0.4, -0.2) is 44.3 Å². The van der Waals surface area contributed by atoms with Gasteiger partial charge in [-0.3, -0.25) is 4.90 Å². The Bertz CT molecular complexity index is 129. The van der Waals surface area contributed by atoms with Gasteiger partial charge in [-0.1, -0.05) is 27.2 Å². The molecule has 0 radical (unpaired) electrons. The molecule has 0 atom stereocenters. The van der Waals surface area contributed by atoms with Crippen LogP contribution in [0.5, 0.6) is 0 Å². The third-order valence-electron chi connectivity index (χ3n) is 2.28. The van der Waals surface area contributed by atoms with Crippen LogP contribution in [0.3, 0.4) is 0 Å². The number of nitrogens with two attached hydrogens (primary N) is 1. The van der Waals surface area contributed by atoms with Crippen molar-refractivity contribution in [3.63, 3.8) is 0 Å². The Morgan fingerprint density at radius 2 is 1.93 bits per heavy atom. The van der Waals surface area contributed by atoms with E-state index in [9.17, 15) is 0 Å². The Balaban J connectivity index is 3.47. The van der Waals surface area contributed by atoms with Crippen LogP contribution in [0.4, 0.5) is 0 Å². The number of unbranched alkanes of at least 4 members (excludes halogenated alkanes) is 1. The molecular formula is C12H28N2O. The second-order valence-corrected chi connectivity index (χ2v) is 4.45. The lowest BCUT2D eigenvalue weighted by molar-refractivity contribution is 0.0857. The van der Waals surface area contributed by atoms with Gasteiger partial charge in [0.15, 0.2) is 0 Å². The van der Waals surface area contributed by atoms with Crippen molar-refractivity contribution in [3.05, 3.63) is 0 Å². The van der Waals surface area contributed by atoms with Crippen molar-refractivity contribution in [2.75, 3.05) is 39.4 Å². The van der Waals surface area contributed by atoms with Gasteiger partial charge in [0.05, 0.1) is 6.61 Å². The molecular weight excluding hydrogens is 188 g/mol. The van der Waals surface area contributed by atoms with Crippen LogP contribution < -0.4 is 5.73 Å². The zero-order valence-corrected chi connectivity index (χ0v) is 10.7. The summed E-state index contributed by atoms with van der Waals surface area (Å²) in [6.45, 7) is 12.2. The molecule has 15 heavy (non-hydrogen) atoms. The van der Waals surface area contributed by atoms with Crippen LogP contribution in [0, 0.1) is 5.92 Å². The largest absolute Gasteiger partial charge is 0.380 e. The van der Waals surface area contributed by atoms with Crippen LogP contribution in [0.25, 0.3) is 0 Å². The first-order valence-corrected chi connectivity index (χ1v) is 6.20. The second-order valence-electron chi connectivity index (χ2n) is 4.45. The van der Waals surface area contributed by atoms with E-state index in [0.717, 1.165) is 39.4 Å². The summed E-state index contributed by atoms with van der Waals surface area (Å²) in [7, 11) is 0. The van der Waals surface area contributed by atoms with E-state index in [1.165, 1.54) is 12.8 Å². The van der Waals surface area contributed by atoms with Crippen LogP contribution in [0.15, 0.2) is 0 Å². The molecule has 0 aromatic rings. The molecule has 2 N–H and O–H groups in total. The molecule has 3 heteroatoms. The molecule has 0 aromatic heterocycles. The molecule has 0 aliphatic rings. The topological polar surface area (TPSA) is 38.5 Å². The minimum Gasteiger partial charge on any atom is -0.380 e. The zero-order valence-electron chi connectivity index (χ0n) is 10.7. The summed E-state index contributed by atoms with van der Waals surface area (Å²) in [5.41, 5.74) is 5.57. The summed E-state index contributed by atoms with van der Waals surface area (Å²) in [5, 5.41) is 0. The smallest absolute Gasteiger partial charge is 0.0593 e. The third kappa shape index (κ3) is 10.2. The van der Waals surface area contributed by atoms with Crippen molar-refractivity contribution in [1.82, 2.24) is 4.90 Å². The lowest BCUT2D eigenvalue weighted by Gasteiger charge is -2.21. The van der Waals surface area contributed by atoms with E-state index in [4.69, 9.17) is 10.5 Å². The van der Waals surface area contributed by atoms with E-state index in [-0.39, 0.29) is 0 Å². The Morgan fingerprint density at radius 1 is 1.20 bits per heavy atom. The van der Waals surface area contributed by atoms with Gasteiger partial charge in [0.25, 0.3) is 0 Å². The predicted octanol–water partition coefficient (Wildman–Crippen LogP) is 1.72. The Hall–Kier alpha value is -0.120. The lowest BCUT2D eigenvalue weighted by atomic mass is 10.2. The van der Waals surface area contributed by atoms with Gasteiger partial charge in [-0.2, -0.15) is 0 Å². The Labute approximate surface area is 95.0 Å². The van der Waals surface area contributed by atoms with Gasteiger partial charge in [0.2, 0.25) is 0 Å². The van der Waals surface area contributed by atoms with E-state index >= 15 is 0 Å². The monoisotopic (exact) mass is 216 g/mol. The second kappa shape index (κ2) is 10.4.